The topological polar surface area (TPSA) is 54.7 Å². The Morgan fingerprint density at radius 2 is 1.93 bits per heavy atom. The number of aromatic nitrogens is 2. The van der Waals surface area contributed by atoms with Crippen LogP contribution in [0.2, 0.25) is 10.0 Å². The van der Waals surface area contributed by atoms with Crippen molar-refractivity contribution in [2.24, 2.45) is 0 Å². The molecule has 0 atom stereocenters. The predicted octanol–water partition coefficient (Wildman–Crippen LogP) is 3.10. The summed E-state index contributed by atoms with van der Waals surface area (Å²) >= 11 is 11.5. The molecule has 0 amide bonds. The SMILES string of the molecule is Nc1[nH]ncc1-c1cc(Cl)c(F)cc1Cl. The number of hydrogen-bond acceptors (Lipinski definition) is 2. The van der Waals surface area contributed by atoms with Gasteiger partial charge in [-0.25, -0.2) is 4.39 Å². The Balaban J connectivity index is 2.64. The van der Waals surface area contributed by atoms with Gasteiger partial charge in [-0.1, -0.05) is 23.2 Å². The Morgan fingerprint density at radius 1 is 1.20 bits per heavy atom. The van der Waals surface area contributed by atoms with Crippen molar-refractivity contribution in [1.82, 2.24) is 10.2 Å². The highest BCUT2D eigenvalue weighted by molar-refractivity contribution is 6.35. The van der Waals surface area contributed by atoms with Gasteiger partial charge in [0.25, 0.3) is 0 Å². The molecular weight excluding hydrogens is 240 g/mol. The summed E-state index contributed by atoms with van der Waals surface area (Å²) in [5.74, 6) is -0.202. The Kier molecular flexibility index (Phi) is 2.54. The van der Waals surface area contributed by atoms with E-state index in [1.54, 1.807) is 0 Å². The van der Waals surface area contributed by atoms with Crippen molar-refractivity contribution >= 4 is 29.0 Å². The normalized spacial score (nSPS) is 10.6. The molecule has 0 aliphatic carbocycles. The molecule has 6 heteroatoms. The van der Waals surface area contributed by atoms with Crippen LogP contribution in [0.5, 0.6) is 0 Å². The Hall–Kier alpha value is -1.26. The number of rotatable bonds is 1. The summed E-state index contributed by atoms with van der Waals surface area (Å²) in [4.78, 5) is 0. The van der Waals surface area contributed by atoms with Crippen molar-refractivity contribution in [2.45, 2.75) is 0 Å². The van der Waals surface area contributed by atoms with Gasteiger partial charge in [0.2, 0.25) is 0 Å². The van der Waals surface area contributed by atoms with E-state index in [4.69, 9.17) is 28.9 Å². The van der Waals surface area contributed by atoms with E-state index in [2.05, 4.69) is 10.2 Å². The lowest BCUT2D eigenvalue weighted by molar-refractivity contribution is 0.628. The number of aromatic amines is 1. The number of nitrogens with two attached hydrogens (primary N) is 1. The maximum absolute atomic E-state index is 13.0. The van der Waals surface area contributed by atoms with Gasteiger partial charge in [0, 0.05) is 11.1 Å². The molecular formula is C9H6Cl2FN3. The molecule has 0 radical (unpaired) electrons. The van der Waals surface area contributed by atoms with Gasteiger partial charge in [-0.3, -0.25) is 5.10 Å². The summed E-state index contributed by atoms with van der Waals surface area (Å²) < 4.78 is 13.0. The first kappa shape index (κ1) is 10.3. The molecule has 3 N–H and O–H groups in total. The van der Waals surface area contributed by atoms with E-state index in [-0.39, 0.29) is 10.0 Å². The molecule has 3 nitrogen and oxygen atoms in total. The third-order valence-electron chi connectivity index (χ3n) is 1.97. The number of nitrogens with zero attached hydrogens (tertiary/aromatic N) is 1. The van der Waals surface area contributed by atoms with Gasteiger partial charge in [-0.2, -0.15) is 5.10 Å². The number of nitrogens with one attached hydrogen (secondary N) is 1. The van der Waals surface area contributed by atoms with Crippen LogP contribution in [-0.2, 0) is 0 Å². The average Bonchev–Trinajstić information content (AvgIpc) is 2.58. The van der Waals surface area contributed by atoms with Gasteiger partial charge in [0.1, 0.15) is 11.6 Å². The van der Waals surface area contributed by atoms with Gasteiger partial charge in [-0.05, 0) is 12.1 Å². The number of nitrogen functional groups attached to an aromatic ring is 1. The van der Waals surface area contributed by atoms with Crippen LogP contribution >= 0.6 is 23.2 Å². The second kappa shape index (κ2) is 3.72. The molecule has 0 fully saturated rings. The molecule has 0 saturated carbocycles. The lowest BCUT2D eigenvalue weighted by Crippen LogP contribution is -1.89. The molecule has 78 valence electrons. The first-order chi connectivity index (χ1) is 7.09. The molecule has 0 spiro atoms. The molecule has 0 aliphatic rings. The molecule has 2 rings (SSSR count). The zero-order valence-corrected chi connectivity index (χ0v) is 8.90. The molecule has 1 heterocycles. The third kappa shape index (κ3) is 1.78. The number of hydrogen-bond donors (Lipinski definition) is 2. The fourth-order valence-corrected chi connectivity index (χ4v) is 1.66. The standard InChI is InChI=1S/C9H6Cl2FN3/c10-6-2-8(12)7(11)1-4(6)5-3-14-15-9(5)13/h1-3H,(H3,13,14,15). The number of halogens is 3. The first-order valence-corrected chi connectivity index (χ1v) is 4.79. The minimum atomic E-state index is -0.563. The monoisotopic (exact) mass is 245 g/mol. The maximum atomic E-state index is 13.0. The minimum absolute atomic E-state index is 0.00463. The van der Waals surface area contributed by atoms with Gasteiger partial charge in [0.05, 0.1) is 16.2 Å². The fraction of sp³-hybridized carbons (Fsp3) is 0. The van der Waals surface area contributed by atoms with Crippen LogP contribution in [-0.4, -0.2) is 10.2 Å². The maximum Gasteiger partial charge on any atom is 0.143 e. The van der Waals surface area contributed by atoms with Crippen molar-refractivity contribution in [3.05, 3.63) is 34.2 Å². The zero-order chi connectivity index (χ0) is 11.0. The number of benzene rings is 1. The van der Waals surface area contributed by atoms with Crippen molar-refractivity contribution in [1.29, 1.82) is 0 Å². The van der Waals surface area contributed by atoms with Gasteiger partial charge in [0.15, 0.2) is 0 Å². The molecule has 1 aromatic carbocycles. The second-order valence-electron chi connectivity index (χ2n) is 2.94. The number of anilines is 1. The third-order valence-corrected chi connectivity index (χ3v) is 2.57. The molecule has 0 aliphatic heterocycles. The van der Waals surface area contributed by atoms with Gasteiger partial charge in [-0.15, -0.1) is 0 Å². The van der Waals surface area contributed by atoms with E-state index >= 15 is 0 Å². The average molecular weight is 246 g/mol. The molecule has 0 unspecified atom stereocenters. The lowest BCUT2D eigenvalue weighted by atomic mass is 10.1. The predicted molar refractivity (Wildman–Crippen MR) is 58.4 cm³/mol. The highest BCUT2D eigenvalue weighted by Gasteiger charge is 2.12. The Morgan fingerprint density at radius 3 is 2.53 bits per heavy atom. The minimum Gasteiger partial charge on any atom is -0.384 e. The first-order valence-electron chi connectivity index (χ1n) is 4.03. The van der Waals surface area contributed by atoms with Crippen LogP contribution in [0.1, 0.15) is 0 Å². The highest BCUT2D eigenvalue weighted by Crippen LogP contribution is 2.34. The van der Waals surface area contributed by atoms with Crippen molar-refractivity contribution < 1.29 is 4.39 Å². The summed E-state index contributed by atoms with van der Waals surface area (Å²) in [5.41, 5.74) is 6.77. The summed E-state index contributed by atoms with van der Waals surface area (Å²) in [6.07, 6.45) is 1.50. The Labute approximate surface area is 95.0 Å². The molecule has 0 bridgehead atoms. The van der Waals surface area contributed by atoms with Crippen LogP contribution in [0.25, 0.3) is 11.1 Å². The fourth-order valence-electron chi connectivity index (χ4n) is 1.24. The van der Waals surface area contributed by atoms with E-state index in [0.717, 1.165) is 6.07 Å². The molecule has 0 saturated heterocycles. The van der Waals surface area contributed by atoms with Crippen LogP contribution in [0.3, 0.4) is 0 Å². The van der Waals surface area contributed by atoms with E-state index in [0.29, 0.717) is 16.9 Å². The summed E-state index contributed by atoms with van der Waals surface area (Å²) in [6.45, 7) is 0. The molecule has 15 heavy (non-hydrogen) atoms. The van der Waals surface area contributed by atoms with Crippen LogP contribution in [0.15, 0.2) is 18.3 Å². The van der Waals surface area contributed by atoms with Crippen molar-refractivity contribution in [3.63, 3.8) is 0 Å². The van der Waals surface area contributed by atoms with Gasteiger partial charge >= 0.3 is 0 Å². The van der Waals surface area contributed by atoms with Crippen molar-refractivity contribution in [3.8, 4) is 11.1 Å². The highest BCUT2D eigenvalue weighted by atomic mass is 35.5. The number of H-pyrrole nitrogens is 1. The van der Waals surface area contributed by atoms with E-state index in [1.807, 2.05) is 0 Å². The van der Waals surface area contributed by atoms with Crippen molar-refractivity contribution in [2.75, 3.05) is 5.73 Å². The largest absolute Gasteiger partial charge is 0.384 e. The summed E-state index contributed by atoms with van der Waals surface area (Å²) in [6, 6.07) is 2.56. The lowest BCUT2D eigenvalue weighted by Gasteiger charge is -2.04. The van der Waals surface area contributed by atoms with Crippen LogP contribution in [0.4, 0.5) is 10.2 Å². The Bertz CT molecular complexity index is 510. The van der Waals surface area contributed by atoms with E-state index in [9.17, 15) is 4.39 Å². The van der Waals surface area contributed by atoms with Gasteiger partial charge < -0.3 is 5.73 Å². The second-order valence-corrected chi connectivity index (χ2v) is 3.76. The van der Waals surface area contributed by atoms with E-state index < -0.39 is 5.82 Å². The summed E-state index contributed by atoms with van der Waals surface area (Å²) in [5, 5.41) is 6.54. The zero-order valence-electron chi connectivity index (χ0n) is 7.39. The summed E-state index contributed by atoms with van der Waals surface area (Å²) in [7, 11) is 0. The molecule has 1 aromatic heterocycles. The smallest absolute Gasteiger partial charge is 0.143 e. The molecule has 2 aromatic rings. The van der Waals surface area contributed by atoms with Crippen LogP contribution < -0.4 is 5.73 Å². The van der Waals surface area contributed by atoms with E-state index in [1.165, 1.54) is 12.3 Å². The quantitative estimate of drug-likeness (QED) is 0.759. The van der Waals surface area contributed by atoms with Crippen LogP contribution in [0, 0.1) is 5.82 Å².